The van der Waals surface area contributed by atoms with E-state index in [9.17, 15) is 4.79 Å². The fourth-order valence-corrected chi connectivity index (χ4v) is 1.44. The Kier molecular flexibility index (Phi) is 1.98. The zero-order valence-electron chi connectivity index (χ0n) is 7.45. The van der Waals surface area contributed by atoms with Crippen molar-refractivity contribution in [2.24, 2.45) is 5.73 Å². The molecule has 0 radical (unpaired) electrons. The number of aromatic nitrogens is 1. The van der Waals surface area contributed by atoms with E-state index in [0.717, 1.165) is 16.6 Å². The van der Waals surface area contributed by atoms with Gasteiger partial charge in [0.25, 0.3) is 0 Å². The smallest absolute Gasteiger partial charge is 0.335 e. The zero-order valence-corrected chi connectivity index (χ0v) is 7.45. The molecule has 2 aromatic rings. The molecule has 4 N–H and O–H groups in total. The van der Waals surface area contributed by atoms with Crippen LogP contribution in [0.4, 0.5) is 0 Å². The van der Waals surface area contributed by atoms with Crippen molar-refractivity contribution in [3.8, 4) is 0 Å². The number of nitrogens with two attached hydrogens (primary N) is 1. The van der Waals surface area contributed by atoms with Gasteiger partial charge in [0.1, 0.15) is 0 Å². The summed E-state index contributed by atoms with van der Waals surface area (Å²) in [7, 11) is 0. The molecule has 0 spiro atoms. The number of fused-ring (bicyclic) bond motifs is 1. The van der Waals surface area contributed by atoms with Gasteiger partial charge in [-0.25, -0.2) is 4.79 Å². The Labute approximate surface area is 80.3 Å². The second-order valence-electron chi connectivity index (χ2n) is 3.11. The average molecular weight is 190 g/mol. The minimum atomic E-state index is -0.914. The number of aromatic amines is 1. The van der Waals surface area contributed by atoms with Crippen LogP contribution in [0.2, 0.25) is 0 Å². The lowest BCUT2D eigenvalue weighted by Crippen LogP contribution is -1.95. The van der Waals surface area contributed by atoms with Crippen LogP contribution >= 0.6 is 0 Å². The molecule has 0 amide bonds. The molecule has 72 valence electrons. The minimum absolute atomic E-state index is 0.292. The molecule has 0 saturated heterocycles. The molecule has 0 unspecified atom stereocenters. The van der Waals surface area contributed by atoms with Crippen LogP contribution < -0.4 is 5.73 Å². The lowest BCUT2D eigenvalue weighted by molar-refractivity contribution is 0.0697. The third-order valence-electron chi connectivity index (χ3n) is 2.14. The van der Waals surface area contributed by atoms with Crippen LogP contribution in [-0.4, -0.2) is 16.1 Å². The van der Waals surface area contributed by atoms with Gasteiger partial charge in [-0.2, -0.15) is 0 Å². The van der Waals surface area contributed by atoms with E-state index in [1.807, 2.05) is 6.07 Å². The molecule has 0 atom stereocenters. The first-order valence-corrected chi connectivity index (χ1v) is 4.25. The van der Waals surface area contributed by atoms with E-state index in [1.54, 1.807) is 18.2 Å². The van der Waals surface area contributed by atoms with E-state index >= 15 is 0 Å². The molecule has 4 nitrogen and oxygen atoms in total. The van der Waals surface area contributed by atoms with Crippen molar-refractivity contribution in [1.29, 1.82) is 0 Å². The van der Waals surface area contributed by atoms with Gasteiger partial charge < -0.3 is 15.8 Å². The molecule has 4 heteroatoms. The SMILES string of the molecule is NCc1cc2cc(C(=O)O)ccc2[nH]1. The Bertz CT molecular complexity index is 488. The molecule has 0 aliphatic rings. The molecule has 0 saturated carbocycles. The van der Waals surface area contributed by atoms with Crippen molar-refractivity contribution in [3.63, 3.8) is 0 Å². The second-order valence-corrected chi connectivity index (χ2v) is 3.11. The summed E-state index contributed by atoms with van der Waals surface area (Å²) >= 11 is 0. The van der Waals surface area contributed by atoms with Crippen LogP contribution in [-0.2, 0) is 6.54 Å². The van der Waals surface area contributed by atoms with Gasteiger partial charge in [-0.05, 0) is 24.3 Å². The monoisotopic (exact) mass is 190 g/mol. The van der Waals surface area contributed by atoms with Gasteiger partial charge in [-0.3, -0.25) is 0 Å². The van der Waals surface area contributed by atoms with E-state index < -0.39 is 5.97 Å². The molecule has 1 aromatic carbocycles. The number of carbonyl (C=O) groups is 1. The van der Waals surface area contributed by atoms with Crippen LogP contribution in [0.5, 0.6) is 0 Å². The summed E-state index contributed by atoms with van der Waals surface area (Å²) in [6, 6.07) is 6.81. The molecular weight excluding hydrogens is 180 g/mol. The number of hydrogen-bond donors (Lipinski definition) is 3. The Morgan fingerprint density at radius 3 is 2.86 bits per heavy atom. The van der Waals surface area contributed by atoms with Crippen LogP contribution in [0.3, 0.4) is 0 Å². The largest absolute Gasteiger partial charge is 0.478 e. The number of carboxylic acid groups (broad SMARTS) is 1. The van der Waals surface area contributed by atoms with Gasteiger partial charge in [0, 0.05) is 23.1 Å². The Balaban J connectivity index is 2.59. The molecule has 2 rings (SSSR count). The summed E-state index contributed by atoms with van der Waals surface area (Å²) < 4.78 is 0. The van der Waals surface area contributed by atoms with E-state index in [4.69, 9.17) is 10.8 Å². The quantitative estimate of drug-likeness (QED) is 0.668. The molecule has 0 bridgehead atoms. The highest BCUT2D eigenvalue weighted by Gasteiger charge is 2.05. The normalized spacial score (nSPS) is 10.6. The van der Waals surface area contributed by atoms with Crippen LogP contribution in [0.1, 0.15) is 16.1 Å². The van der Waals surface area contributed by atoms with Gasteiger partial charge in [0.05, 0.1) is 5.56 Å². The summed E-state index contributed by atoms with van der Waals surface area (Å²) in [6.07, 6.45) is 0. The first-order valence-electron chi connectivity index (χ1n) is 4.25. The molecule has 0 fully saturated rings. The standard InChI is InChI=1S/C10H10N2O2/c11-5-8-4-7-3-6(10(13)14)1-2-9(7)12-8/h1-4,12H,5,11H2,(H,13,14). The summed E-state index contributed by atoms with van der Waals surface area (Å²) in [5, 5.41) is 9.65. The fourth-order valence-electron chi connectivity index (χ4n) is 1.44. The van der Waals surface area contributed by atoms with Gasteiger partial charge >= 0.3 is 5.97 Å². The molecular formula is C10H10N2O2. The van der Waals surface area contributed by atoms with Gasteiger partial charge in [-0.15, -0.1) is 0 Å². The number of rotatable bonds is 2. The van der Waals surface area contributed by atoms with Crippen LogP contribution in [0, 0.1) is 0 Å². The first kappa shape index (κ1) is 8.77. The lowest BCUT2D eigenvalue weighted by atomic mass is 10.1. The van der Waals surface area contributed by atoms with Gasteiger partial charge in [0.2, 0.25) is 0 Å². The topological polar surface area (TPSA) is 79.1 Å². The number of carboxylic acids is 1. The van der Waals surface area contributed by atoms with Crippen molar-refractivity contribution < 1.29 is 9.90 Å². The summed E-state index contributed by atoms with van der Waals surface area (Å²) in [5.41, 5.74) is 7.57. The predicted octanol–water partition coefficient (Wildman–Crippen LogP) is 1.32. The summed E-state index contributed by atoms with van der Waals surface area (Å²) in [6.45, 7) is 0.428. The summed E-state index contributed by atoms with van der Waals surface area (Å²) in [4.78, 5) is 13.8. The average Bonchev–Trinajstić information content (AvgIpc) is 2.58. The number of H-pyrrole nitrogens is 1. The molecule has 14 heavy (non-hydrogen) atoms. The van der Waals surface area contributed by atoms with Crippen molar-refractivity contribution >= 4 is 16.9 Å². The highest BCUT2D eigenvalue weighted by atomic mass is 16.4. The maximum atomic E-state index is 10.7. The van der Waals surface area contributed by atoms with E-state index in [2.05, 4.69) is 4.98 Å². The number of hydrogen-bond acceptors (Lipinski definition) is 2. The second kappa shape index (κ2) is 3.16. The molecule has 0 aliphatic heterocycles. The zero-order chi connectivity index (χ0) is 10.1. The van der Waals surface area contributed by atoms with Crippen LogP contribution in [0.15, 0.2) is 24.3 Å². The van der Waals surface area contributed by atoms with E-state index in [1.165, 1.54) is 0 Å². The predicted molar refractivity (Wildman–Crippen MR) is 53.1 cm³/mol. The van der Waals surface area contributed by atoms with Crippen molar-refractivity contribution in [2.75, 3.05) is 0 Å². The van der Waals surface area contributed by atoms with Crippen molar-refractivity contribution in [2.45, 2.75) is 6.54 Å². The van der Waals surface area contributed by atoms with Gasteiger partial charge in [-0.1, -0.05) is 0 Å². The fraction of sp³-hybridized carbons (Fsp3) is 0.100. The highest BCUT2D eigenvalue weighted by molar-refractivity contribution is 5.93. The number of benzene rings is 1. The van der Waals surface area contributed by atoms with Crippen LogP contribution in [0.25, 0.3) is 10.9 Å². The van der Waals surface area contributed by atoms with Crippen molar-refractivity contribution in [3.05, 3.63) is 35.5 Å². The minimum Gasteiger partial charge on any atom is -0.478 e. The number of nitrogens with one attached hydrogen (secondary N) is 1. The third-order valence-corrected chi connectivity index (χ3v) is 2.14. The molecule has 0 aliphatic carbocycles. The lowest BCUT2D eigenvalue weighted by Gasteiger charge is -1.93. The van der Waals surface area contributed by atoms with E-state index in [0.29, 0.717) is 12.1 Å². The van der Waals surface area contributed by atoms with Gasteiger partial charge in [0.15, 0.2) is 0 Å². The number of aromatic carboxylic acids is 1. The maximum absolute atomic E-state index is 10.7. The third kappa shape index (κ3) is 1.36. The Morgan fingerprint density at radius 1 is 1.43 bits per heavy atom. The van der Waals surface area contributed by atoms with Crippen molar-refractivity contribution in [1.82, 2.24) is 4.98 Å². The first-order chi connectivity index (χ1) is 6.70. The maximum Gasteiger partial charge on any atom is 0.335 e. The molecule has 1 aromatic heterocycles. The molecule has 1 heterocycles. The summed E-state index contributed by atoms with van der Waals surface area (Å²) in [5.74, 6) is -0.914. The Morgan fingerprint density at radius 2 is 2.21 bits per heavy atom. The Hall–Kier alpha value is -1.81. The van der Waals surface area contributed by atoms with E-state index in [-0.39, 0.29) is 0 Å². The highest BCUT2D eigenvalue weighted by Crippen LogP contribution is 2.16.